The van der Waals surface area contributed by atoms with Crippen LogP contribution in [0.1, 0.15) is 25.3 Å². The van der Waals surface area contributed by atoms with Gasteiger partial charge in [-0.15, -0.1) is 0 Å². The van der Waals surface area contributed by atoms with Crippen molar-refractivity contribution in [2.45, 2.75) is 32.0 Å². The number of hydrogen-bond donors (Lipinski definition) is 1. The molecule has 0 saturated carbocycles. The van der Waals surface area contributed by atoms with Crippen molar-refractivity contribution in [2.75, 3.05) is 13.1 Å². The Balaban J connectivity index is 1.97. The van der Waals surface area contributed by atoms with Gasteiger partial charge in [0.2, 0.25) is 0 Å². The fourth-order valence-electron chi connectivity index (χ4n) is 2.04. The average Bonchev–Trinajstić information content (AvgIpc) is 2.29. The van der Waals surface area contributed by atoms with E-state index < -0.39 is 0 Å². The summed E-state index contributed by atoms with van der Waals surface area (Å²) in [4.78, 5) is 0. The number of ether oxygens (including phenoxy) is 1. The van der Waals surface area contributed by atoms with E-state index in [2.05, 4.69) is 12.2 Å². The largest absolute Gasteiger partial charge is 0.369 e. The Morgan fingerprint density at radius 3 is 2.88 bits per heavy atom. The minimum Gasteiger partial charge on any atom is -0.369 e. The molecule has 1 saturated heterocycles. The van der Waals surface area contributed by atoms with Gasteiger partial charge in [-0.25, -0.2) is 0 Å². The van der Waals surface area contributed by atoms with Crippen LogP contribution >= 0.6 is 23.2 Å². The number of piperidine rings is 1. The molecule has 1 aliphatic rings. The summed E-state index contributed by atoms with van der Waals surface area (Å²) < 4.78 is 5.99. The Labute approximate surface area is 112 Å². The van der Waals surface area contributed by atoms with Crippen molar-refractivity contribution < 1.29 is 4.74 Å². The van der Waals surface area contributed by atoms with Gasteiger partial charge in [-0.05, 0) is 44.0 Å². The first-order valence-corrected chi connectivity index (χ1v) is 6.63. The van der Waals surface area contributed by atoms with E-state index in [-0.39, 0.29) is 5.60 Å². The summed E-state index contributed by atoms with van der Waals surface area (Å²) in [6.07, 6.45) is 2.25. The normalized spacial score (nSPS) is 24.9. The topological polar surface area (TPSA) is 21.3 Å². The maximum Gasteiger partial charge on any atom is 0.0783 e. The Bertz CT molecular complexity index is 389. The number of nitrogens with one attached hydrogen (secondary N) is 1. The van der Waals surface area contributed by atoms with Crippen LogP contribution in [-0.2, 0) is 11.3 Å². The summed E-state index contributed by atoms with van der Waals surface area (Å²) in [5.74, 6) is 0. The van der Waals surface area contributed by atoms with E-state index in [1.807, 2.05) is 12.1 Å². The van der Waals surface area contributed by atoms with Gasteiger partial charge < -0.3 is 10.1 Å². The van der Waals surface area contributed by atoms with Crippen molar-refractivity contribution in [2.24, 2.45) is 0 Å². The van der Waals surface area contributed by atoms with Gasteiger partial charge >= 0.3 is 0 Å². The first-order chi connectivity index (χ1) is 8.09. The molecule has 1 aromatic rings. The molecule has 0 bridgehead atoms. The van der Waals surface area contributed by atoms with E-state index in [0.29, 0.717) is 16.7 Å². The first kappa shape index (κ1) is 13.2. The van der Waals surface area contributed by atoms with Crippen molar-refractivity contribution in [3.05, 3.63) is 33.8 Å². The van der Waals surface area contributed by atoms with Crippen molar-refractivity contribution in [3.8, 4) is 0 Å². The van der Waals surface area contributed by atoms with Crippen LogP contribution in [0.5, 0.6) is 0 Å². The Morgan fingerprint density at radius 1 is 1.41 bits per heavy atom. The lowest BCUT2D eigenvalue weighted by molar-refractivity contribution is -0.0571. The zero-order chi connectivity index (χ0) is 12.3. The molecule has 1 unspecified atom stereocenters. The molecule has 1 aliphatic heterocycles. The van der Waals surface area contributed by atoms with Gasteiger partial charge in [0.05, 0.1) is 12.2 Å². The highest BCUT2D eigenvalue weighted by Gasteiger charge is 2.27. The van der Waals surface area contributed by atoms with E-state index in [1.165, 1.54) is 0 Å². The summed E-state index contributed by atoms with van der Waals surface area (Å²) in [5, 5.41) is 4.68. The average molecular weight is 274 g/mol. The molecule has 2 rings (SSSR count). The lowest BCUT2D eigenvalue weighted by Gasteiger charge is -2.34. The maximum absolute atomic E-state index is 6.11. The highest BCUT2D eigenvalue weighted by atomic mass is 35.5. The van der Waals surface area contributed by atoms with Crippen LogP contribution in [0.2, 0.25) is 10.0 Å². The first-order valence-electron chi connectivity index (χ1n) is 5.88. The van der Waals surface area contributed by atoms with Crippen LogP contribution in [0.25, 0.3) is 0 Å². The van der Waals surface area contributed by atoms with Crippen LogP contribution in [0.4, 0.5) is 0 Å². The summed E-state index contributed by atoms with van der Waals surface area (Å²) in [7, 11) is 0. The third-order valence-electron chi connectivity index (χ3n) is 3.15. The third kappa shape index (κ3) is 3.59. The molecule has 0 amide bonds. The van der Waals surface area contributed by atoms with Gasteiger partial charge in [0.15, 0.2) is 0 Å². The number of halogens is 2. The molecular formula is C13H17Cl2NO. The van der Waals surface area contributed by atoms with Crippen LogP contribution in [0.3, 0.4) is 0 Å². The van der Waals surface area contributed by atoms with Gasteiger partial charge in [-0.3, -0.25) is 0 Å². The van der Waals surface area contributed by atoms with Crippen molar-refractivity contribution in [1.29, 1.82) is 0 Å². The van der Waals surface area contributed by atoms with E-state index in [0.717, 1.165) is 31.5 Å². The summed E-state index contributed by atoms with van der Waals surface area (Å²) >= 11 is 12.0. The summed E-state index contributed by atoms with van der Waals surface area (Å²) in [5.41, 5.74) is 0.907. The predicted octanol–water partition coefficient (Wildman–Crippen LogP) is 3.65. The molecule has 1 atom stereocenters. The molecule has 17 heavy (non-hydrogen) atoms. The number of rotatable bonds is 3. The molecule has 2 nitrogen and oxygen atoms in total. The van der Waals surface area contributed by atoms with Crippen LogP contribution < -0.4 is 5.32 Å². The van der Waals surface area contributed by atoms with E-state index in [1.54, 1.807) is 6.07 Å². The number of hydrogen-bond acceptors (Lipinski definition) is 2. The highest BCUT2D eigenvalue weighted by molar-refractivity contribution is 6.35. The van der Waals surface area contributed by atoms with Crippen LogP contribution in [0.15, 0.2) is 18.2 Å². The standard InChI is InChI=1S/C13H17Cl2NO/c1-13(5-2-6-16-9-13)17-8-10-3-4-11(14)7-12(10)15/h3-4,7,16H,2,5-6,8-9H2,1H3. The summed E-state index contributed by atoms with van der Waals surface area (Å²) in [6, 6.07) is 5.52. The quantitative estimate of drug-likeness (QED) is 0.908. The van der Waals surface area contributed by atoms with Crippen LogP contribution in [0, 0.1) is 0 Å². The molecule has 0 spiro atoms. The minimum atomic E-state index is -0.0821. The van der Waals surface area contributed by atoms with E-state index in [9.17, 15) is 0 Å². The monoisotopic (exact) mass is 273 g/mol. The lowest BCUT2D eigenvalue weighted by atomic mass is 9.96. The molecule has 0 aromatic heterocycles. The molecule has 0 aliphatic carbocycles. The van der Waals surface area contributed by atoms with E-state index in [4.69, 9.17) is 27.9 Å². The molecule has 0 radical (unpaired) electrons. The highest BCUT2D eigenvalue weighted by Crippen LogP contribution is 2.26. The third-order valence-corrected chi connectivity index (χ3v) is 3.74. The fraction of sp³-hybridized carbons (Fsp3) is 0.538. The van der Waals surface area contributed by atoms with Gasteiger partial charge in [-0.2, -0.15) is 0 Å². The van der Waals surface area contributed by atoms with Crippen molar-refractivity contribution in [1.82, 2.24) is 5.32 Å². The number of benzene rings is 1. The second-order valence-electron chi connectivity index (χ2n) is 4.75. The smallest absolute Gasteiger partial charge is 0.0783 e. The van der Waals surface area contributed by atoms with E-state index >= 15 is 0 Å². The van der Waals surface area contributed by atoms with Crippen LogP contribution in [-0.4, -0.2) is 18.7 Å². The zero-order valence-electron chi connectivity index (χ0n) is 9.93. The maximum atomic E-state index is 6.11. The SMILES string of the molecule is CC1(OCc2ccc(Cl)cc2Cl)CCCNC1. The fourth-order valence-corrected chi connectivity index (χ4v) is 2.51. The Morgan fingerprint density at radius 2 is 2.24 bits per heavy atom. The zero-order valence-corrected chi connectivity index (χ0v) is 11.4. The molecule has 94 valence electrons. The van der Waals surface area contributed by atoms with Gasteiger partial charge in [0, 0.05) is 16.6 Å². The lowest BCUT2D eigenvalue weighted by Crippen LogP contribution is -2.45. The molecular weight excluding hydrogens is 257 g/mol. The second-order valence-corrected chi connectivity index (χ2v) is 5.60. The minimum absolute atomic E-state index is 0.0821. The second kappa shape index (κ2) is 5.57. The molecule has 1 aromatic carbocycles. The summed E-state index contributed by atoms with van der Waals surface area (Å²) in [6.45, 7) is 4.66. The Kier molecular flexibility index (Phi) is 4.31. The van der Waals surface area contributed by atoms with Crippen molar-refractivity contribution >= 4 is 23.2 Å². The van der Waals surface area contributed by atoms with Gasteiger partial charge in [0.1, 0.15) is 0 Å². The molecule has 1 heterocycles. The Hall–Kier alpha value is -0.280. The van der Waals surface area contributed by atoms with Crippen molar-refractivity contribution in [3.63, 3.8) is 0 Å². The molecule has 1 N–H and O–H groups in total. The molecule has 4 heteroatoms. The molecule has 1 fully saturated rings. The van der Waals surface area contributed by atoms with Gasteiger partial charge in [-0.1, -0.05) is 29.3 Å². The predicted molar refractivity (Wildman–Crippen MR) is 71.8 cm³/mol. The van der Waals surface area contributed by atoms with Gasteiger partial charge in [0.25, 0.3) is 0 Å².